The molecular weight excluding hydrogens is 165 g/mol. The Balaban J connectivity index is 3.09. The van der Waals surface area contributed by atoms with Crippen molar-refractivity contribution in [1.82, 2.24) is 4.98 Å². The lowest BCUT2D eigenvalue weighted by molar-refractivity contribution is 0.0590. The number of nitrogens with zero attached hydrogens (tertiary/aromatic N) is 1. The van der Waals surface area contributed by atoms with Crippen molar-refractivity contribution < 1.29 is 19.0 Å². The molecule has 0 fully saturated rings. The Bertz CT molecular complexity index is 314. The molecule has 1 heterocycles. The average Bonchev–Trinajstić information content (AvgIpc) is 2.03. The third-order valence-electron chi connectivity index (χ3n) is 1.21. The molecule has 0 saturated heterocycles. The van der Waals surface area contributed by atoms with E-state index in [1.54, 1.807) is 0 Å². The zero-order valence-electron chi connectivity index (χ0n) is 6.24. The summed E-state index contributed by atoms with van der Waals surface area (Å²) < 4.78 is 16.6. The lowest BCUT2D eigenvalue weighted by Gasteiger charge is -1.99. The number of carbonyl (C=O) groups is 1. The van der Waals surface area contributed by atoms with Crippen LogP contribution in [-0.4, -0.2) is 23.2 Å². The molecule has 0 aliphatic rings. The molecule has 5 heteroatoms. The third-order valence-corrected chi connectivity index (χ3v) is 1.21. The Morgan fingerprint density at radius 2 is 2.42 bits per heavy atom. The molecule has 0 unspecified atom stereocenters. The van der Waals surface area contributed by atoms with Gasteiger partial charge in [-0.15, -0.1) is 0 Å². The topological polar surface area (TPSA) is 59.4 Å². The largest absolute Gasteiger partial charge is 0.505 e. The molecule has 64 valence electrons. The van der Waals surface area contributed by atoms with Crippen molar-refractivity contribution in [2.24, 2.45) is 0 Å². The van der Waals surface area contributed by atoms with Gasteiger partial charge in [-0.3, -0.25) is 0 Å². The Hall–Kier alpha value is -1.65. The number of rotatable bonds is 1. The lowest BCUT2D eigenvalue weighted by Crippen LogP contribution is -2.04. The number of hydrogen-bond donors (Lipinski definition) is 1. The van der Waals surface area contributed by atoms with Gasteiger partial charge < -0.3 is 9.84 Å². The number of aromatic hydroxyl groups is 1. The summed E-state index contributed by atoms with van der Waals surface area (Å²) >= 11 is 0. The predicted molar refractivity (Wildman–Crippen MR) is 37.2 cm³/mol. The first-order valence-electron chi connectivity index (χ1n) is 3.08. The zero-order chi connectivity index (χ0) is 9.14. The molecule has 0 aliphatic heterocycles. The van der Waals surface area contributed by atoms with Gasteiger partial charge in [-0.1, -0.05) is 0 Å². The predicted octanol–water partition coefficient (Wildman–Crippen LogP) is 0.713. The van der Waals surface area contributed by atoms with Crippen LogP contribution >= 0.6 is 0 Å². The van der Waals surface area contributed by atoms with Gasteiger partial charge in [0.2, 0.25) is 0 Å². The molecule has 0 amide bonds. The van der Waals surface area contributed by atoms with Crippen LogP contribution in [-0.2, 0) is 4.74 Å². The minimum Gasteiger partial charge on any atom is -0.505 e. The van der Waals surface area contributed by atoms with E-state index in [1.807, 2.05) is 0 Å². The maximum Gasteiger partial charge on any atom is 0.360 e. The molecule has 0 aromatic carbocycles. The highest BCUT2D eigenvalue weighted by Crippen LogP contribution is 2.15. The molecule has 1 rings (SSSR count). The van der Waals surface area contributed by atoms with Crippen molar-refractivity contribution in [2.45, 2.75) is 0 Å². The smallest absolute Gasteiger partial charge is 0.360 e. The van der Waals surface area contributed by atoms with Gasteiger partial charge in [0, 0.05) is 6.07 Å². The molecule has 0 radical (unpaired) electrons. The van der Waals surface area contributed by atoms with E-state index >= 15 is 0 Å². The summed E-state index contributed by atoms with van der Waals surface area (Å²) in [5.74, 6) is -2.03. The first-order valence-corrected chi connectivity index (χ1v) is 3.08. The van der Waals surface area contributed by atoms with E-state index in [4.69, 9.17) is 5.11 Å². The minimum absolute atomic E-state index is 0.293. The third kappa shape index (κ3) is 1.50. The van der Waals surface area contributed by atoms with Gasteiger partial charge >= 0.3 is 5.97 Å². The Labute approximate surface area is 67.6 Å². The number of carbonyl (C=O) groups excluding carboxylic acids is 1. The monoisotopic (exact) mass is 171 g/mol. The van der Waals surface area contributed by atoms with Crippen molar-refractivity contribution in [1.29, 1.82) is 0 Å². The van der Waals surface area contributed by atoms with Gasteiger partial charge in [0.1, 0.15) is 5.82 Å². The maximum atomic E-state index is 12.3. The van der Waals surface area contributed by atoms with Crippen LogP contribution in [0.1, 0.15) is 10.5 Å². The van der Waals surface area contributed by atoms with Crippen LogP contribution in [0.15, 0.2) is 12.3 Å². The number of hydrogen-bond acceptors (Lipinski definition) is 4. The average molecular weight is 171 g/mol. The molecule has 1 aromatic heterocycles. The van der Waals surface area contributed by atoms with Crippen LogP contribution in [0.25, 0.3) is 0 Å². The molecule has 0 aliphatic carbocycles. The molecule has 0 spiro atoms. The second-order valence-corrected chi connectivity index (χ2v) is 2.01. The van der Waals surface area contributed by atoms with Crippen molar-refractivity contribution in [2.75, 3.05) is 7.11 Å². The quantitative estimate of drug-likeness (QED) is 0.632. The van der Waals surface area contributed by atoms with Crippen LogP contribution in [0.5, 0.6) is 5.75 Å². The van der Waals surface area contributed by atoms with Crippen molar-refractivity contribution >= 4 is 5.97 Å². The molecule has 4 nitrogen and oxygen atoms in total. The van der Waals surface area contributed by atoms with E-state index in [0.717, 1.165) is 19.4 Å². The van der Waals surface area contributed by atoms with Crippen LogP contribution in [0.3, 0.4) is 0 Å². The lowest BCUT2D eigenvalue weighted by atomic mass is 10.3. The summed E-state index contributed by atoms with van der Waals surface area (Å²) in [6.07, 6.45) is 0.825. The maximum absolute atomic E-state index is 12.3. The van der Waals surface area contributed by atoms with E-state index in [-0.39, 0.29) is 5.69 Å². The van der Waals surface area contributed by atoms with Crippen LogP contribution in [0.2, 0.25) is 0 Å². The SMILES string of the molecule is COC(=O)c1ncc(F)cc1O. The van der Waals surface area contributed by atoms with Gasteiger partial charge in [-0.05, 0) is 0 Å². The number of pyridine rings is 1. The number of aromatic nitrogens is 1. The molecule has 0 bridgehead atoms. The summed E-state index contributed by atoms with van der Waals surface area (Å²) in [6, 6.07) is 0.791. The van der Waals surface area contributed by atoms with Gasteiger partial charge in [0.25, 0.3) is 0 Å². The summed E-state index contributed by atoms with van der Waals surface area (Å²) in [4.78, 5) is 14.1. The fourth-order valence-electron chi connectivity index (χ4n) is 0.683. The summed E-state index contributed by atoms with van der Waals surface area (Å²) in [5.41, 5.74) is -0.293. The summed E-state index contributed by atoms with van der Waals surface area (Å²) in [5, 5.41) is 8.99. The number of methoxy groups -OCH3 is 1. The Kier molecular flexibility index (Phi) is 2.23. The Morgan fingerprint density at radius 3 is 2.92 bits per heavy atom. The fourth-order valence-corrected chi connectivity index (χ4v) is 0.683. The second kappa shape index (κ2) is 3.17. The number of ether oxygens (including phenoxy) is 1. The van der Waals surface area contributed by atoms with Crippen molar-refractivity contribution in [3.63, 3.8) is 0 Å². The van der Waals surface area contributed by atoms with E-state index in [1.165, 1.54) is 0 Å². The van der Waals surface area contributed by atoms with E-state index in [0.29, 0.717) is 0 Å². The molecule has 1 N–H and O–H groups in total. The molecule has 0 saturated carbocycles. The van der Waals surface area contributed by atoms with Crippen molar-refractivity contribution in [3.05, 3.63) is 23.8 Å². The summed E-state index contributed by atoms with van der Waals surface area (Å²) in [6.45, 7) is 0. The summed E-state index contributed by atoms with van der Waals surface area (Å²) in [7, 11) is 1.15. The second-order valence-electron chi connectivity index (χ2n) is 2.01. The highest BCUT2D eigenvalue weighted by molar-refractivity contribution is 5.89. The van der Waals surface area contributed by atoms with Gasteiger partial charge in [0.15, 0.2) is 11.4 Å². The van der Waals surface area contributed by atoms with Crippen LogP contribution < -0.4 is 0 Å². The Morgan fingerprint density at radius 1 is 1.75 bits per heavy atom. The fraction of sp³-hybridized carbons (Fsp3) is 0.143. The highest BCUT2D eigenvalue weighted by Gasteiger charge is 2.13. The van der Waals surface area contributed by atoms with Crippen LogP contribution in [0.4, 0.5) is 4.39 Å². The van der Waals surface area contributed by atoms with Crippen LogP contribution in [0, 0.1) is 5.82 Å². The van der Waals surface area contributed by atoms with E-state index < -0.39 is 17.5 Å². The first kappa shape index (κ1) is 8.45. The highest BCUT2D eigenvalue weighted by atomic mass is 19.1. The number of esters is 1. The van der Waals surface area contributed by atoms with Crippen molar-refractivity contribution in [3.8, 4) is 5.75 Å². The first-order chi connectivity index (χ1) is 5.65. The minimum atomic E-state index is -0.799. The molecule has 1 aromatic rings. The number of halogens is 1. The van der Waals surface area contributed by atoms with Gasteiger partial charge in [0.05, 0.1) is 13.3 Å². The normalized spacial score (nSPS) is 9.50. The molecule has 0 atom stereocenters. The van der Waals surface area contributed by atoms with Gasteiger partial charge in [-0.25, -0.2) is 14.2 Å². The molecule has 12 heavy (non-hydrogen) atoms. The standard InChI is InChI=1S/C7H6FNO3/c1-12-7(11)6-5(10)2-4(8)3-9-6/h2-3,10H,1H3. The van der Waals surface area contributed by atoms with Gasteiger partial charge in [-0.2, -0.15) is 0 Å². The molecular formula is C7H6FNO3. The zero-order valence-corrected chi connectivity index (χ0v) is 6.24. The van der Waals surface area contributed by atoms with E-state index in [9.17, 15) is 9.18 Å². The van der Waals surface area contributed by atoms with E-state index in [2.05, 4.69) is 9.72 Å².